The second kappa shape index (κ2) is 29.8. The molecule has 0 aromatic rings. The summed E-state index contributed by atoms with van der Waals surface area (Å²) in [7, 11) is -0.985. The quantitative estimate of drug-likeness (QED) is 0.116. The molecule has 0 amide bonds. The molecule has 188 valence electrons. The van der Waals surface area contributed by atoms with Crippen LogP contribution in [0.3, 0.4) is 0 Å². The van der Waals surface area contributed by atoms with E-state index in [4.69, 9.17) is 46.7 Å². The number of hydrogen-bond donors (Lipinski definition) is 0. The van der Waals surface area contributed by atoms with Gasteiger partial charge in [-0.15, -0.1) is 0 Å². The first-order chi connectivity index (χ1) is 15.4. The SMILES string of the molecule is CCOCCOCCOCCOCCO[SiH2]OCCOCCOCCOCCOCC. The van der Waals surface area contributed by atoms with E-state index in [9.17, 15) is 0 Å². The summed E-state index contributed by atoms with van der Waals surface area (Å²) in [6, 6.07) is 0. The maximum atomic E-state index is 5.45. The zero-order chi connectivity index (χ0) is 22.5. The van der Waals surface area contributed by atoms with E-state index in [1.807, 2.05) is 13.8 Å². The lowest BCUT2D eigenvalue weighted by molar-refractivity contribution is -0.00630. The maximum absolute atomic E-state index is 5.45. The van der Waals surface area contributed by atoms with Gasteiger partial charge in [-0.2, -0.15) is 0 Å². The average Bonchev–Trinajstić information content (AvgIpc) is 2.78. The molecule has 0 spiro atoms. The van der Waals surface area contributed by atoms with Crippen LogP contribution in [0, 0.1) is 0 Å². The predicted octanol–water partition coefficient (Wildman–Crippen LogP) is 0.191. The van der Waals surface area contributed by atoms with Gasteiger partial charge in [0.2, 0.25) is 0 Å². The molecule has 0 N–H and O–H groups in total. The fourth-order valence-electron chi connectivity index (χ4n) is 2.02. The molecule has 0 saturated carbocycles. The monoisotopic (exact) mass is 472 g/mol. The molecule has 0 aromatic carbocycles. The number of rotatable bonds is 28. The summed E-state index contributed by atoms with van der Waals surface area (Å²) in [5.74, 6) is 0. The molecule has 0 unspecified atom stereocenters. The third-order valence-corrected chi connectivity index (χ3v) is 4.46. The molecule has 0 radical (unpaired) electrons. The Hall–Kier alpha value is -0.183. The molecule has 31 heavy (non-hydrogen) atoms. The number of hydrogen-bond acceptors (Lipinski definition) is 10. The van der Waals surface area contributed by atoms with E-state index >= 15 is 0 Å². The zero-order valence-corrected chi connectivity index (χ0v) is 20.9. The van der Waals surface area contributed by atoms with Gasteiger partial charge in [0.05, 0.1) is 106 Å². The molecule has 0 aliphatic rings. The van der Waals surface area contributed by atoms with Crippen molar-refractivity contribution < 1.29 is 46.7 Å². The lowest BCUT2D eigenvalue weighted by atomic mass is 10.7. The van der Waals surface area contributed by atoms with Crippen molar-refractivity contribution in [2.75, 3.05) is 119 Å². The molecule has 0 rings (SSSR count). The van der Waals surface area contributed by atoms with Gasteiger partial charge in [0.15, 0.2) is 0 Å². The minimum atomic E-state index is -0.985. The lowest BCUT2D eigenvalue weighted by Crippen LogP contribution is -2.16. The Labute approximate surface area is 190 Å². The van der Waals surface area contributed by atoms with Crippen LogP contribution in [0.15, 0.2) is 0 Å². The largest absolute Gasteiger partial charge is 0.396 e. The highest BCUT2D eigenvalue weighted by atomic mass is 28.3. The molecule has 0 saturated heterocycles. The summed E-state index contributed by atoms with van der Waals surface area (Å²) in [5, 5.41) is 0. The Bertz CT molecular complexity index is 288. The van der Waals surface area contributed by atoms with Crippen molar-refractivity contribution in [3.8, 4) is 0 Å². The zero-order valence-electron chi connectivity index (χ0n) is 19.5. The Morgan fingerprint density at radius 1 is 0.323 bits per heavy atom. The molecular weight excluding hydrogens is 428 g/mol. The second-order valence-corrected chi connectivity index (χ2v) is 7.05. The lowest BCUT2D eigenvalue weighted by Gasteiger charge is -2.08. The van der Waals surface area contributed by atoms with Gasteiger partial charge in [0.1, 0.15) is 0 Å². The van der Waals surface area contributed by atoms with Crippen LogP contribution in [-0.4, -0.2) is 129 Å². The molecular formula is C20H44O10Si. The molecule has 0 aliphatic heterocycles. The van der Waals surface area contributed by atoms with Crippen molar-refractivity contribution in [2.45, 2.75) is 13.8 Å². The fourth-order valence-corrected chi connectivity index (χ4v) is 2.61. The molecule has 11 heteroatoms. The maximum Gasteiger partial charge on any atom is 0.304 e. The van der Waals surface area contributed by atoms with Gasteiger partial charge in [0.25, 0.3) is 0 Å². The summed E-state index contributed by atoms with van der Waals surface area (Å²) < 4.78 is 53.5. The summed E-state index contributed by atoms with van der Waals surface area (Å²) in [5.41, 5.74) is 0. The van der Waals surface area contributed by atoms with E-state index in [2.05, 4.69) is 0 Å². The van der Waals surface area contributed by atoms with Crippen molar-refractivity contribution in [3.05, 3.63) is 0 Å². The molecule has 0 heterocycles. The highest BCUT2D eigenvalue weighted by molar-refractivity contribution is 6.17. The van der Waals surface area contributed by atoms with Crippen LogP contribution < -0.4 is 0 Å². The van der Waals surface area contributed by atoms with Gasteiger partial charge in [-0.1, -0.05) is 0 Å². The van der Waals surface area contributed by atoms with Gasteiger partial charge in [-0.25, -0.2) is 0 Å². The Kier molecular flexibility index (Phi) is 29.6. The Balaban J connectivity index is 2.98. The minimum Gasteiger partial charge on any atom is -0.396 e. The van der Waals surface area contributed by atoms with E-state index in [-0.39, 0.29) is 0 Å². The average molecular weight is 473 g/mol. The van der Waals surface area contributed by atoms with Crippen LogP contribution in [0.1, 0.15) is 13.8 Å². The predicted molar refractivity (Wildman–Crippen MR) is 118 cm³/mol. The summed E-state index contributed by atoms with van der Waals surface area (Å²) in [6.07, 6.45) is 0. The molecule has 0 fully saturated rings. The molecule has 0 aromatic heterocycles. The first-order valence-corrected chi connectivity index (χ1v) is 12.3. The van der Waals surface area contributed by atoms with Crippen molar-refractivity contribution in [2.24, 2.45) is 0 Å². The number of ether oxygens (including phenoxy) is 8. The van der Waals surface area contributed by atoms with E-state index in [1.54, 1.807) is 0 Å². The van der Waals surface area contributed by atoms with Crippen LogP contribution in [0.25, 0.3) is 0 Å². The van der Waals surface area contributed by atoms with Crippen LogP contribution in [0.4, 0.5) is 0 Å². The standard InChI is InChI=1S/C20H44O10Si/c1-3-21-5-7-23-9-11-25-13-15-27-17-19-29-31-30-20-18-28-16-14-26-12-10-24-8-6-22-4-2/h3-20,31H2,1-2H3. The van der Waals surface area contributed by atoms with Gasteiger partial charge < -0.3 is 46.7 Å². The van der Waals surface area contributed by atoms with Crippen LogP contribution in [0.5, 0.6) is 0 Å². The van der Waals surface area contributed by atoms with Gasteiger partial charge >= 0.3 is 10.0 Å². The van der Waals surface area contributed by atoms with Crippen LogP contribution in [0.2, 0.25) is 0 Å². The first-order valence-electron chi connectivity index (χ1n) is 11.2. The summed E-state index contributed by atoms with van der Waals surface area (Å²) >= 11 is 0. The Morgan fingerprint density at radius 2 is 0.548 bits per heavy atom. The molecule has 0 bridgehead atoms. The second-order valence-electron chi connectivity index (χ2n) is 6.00. The first kappa shape index (κ1) is 30.8. The molecule has 0 atom stereocenters. The summed E-state index contributed by atoms with van der Waals surface area (Å²) in [4.78, 5) is 0. The minimum absolute atomic E-state index is 0.535. The van der Waals surface area contributed by atoms with E-state index in [0.717, 1.165) is 0 Å². The Morgan fingerprint density at radius 3 is 0.806 bits per heavy atom. The van der Waals surface area contributed by atoms with Crippen molar-refractivity contribution in [3.63, 3.8) is 0 Å². The highest BCUT2D eigenvalue weighted by Gasteiger charge is 1.95. The van der Waals surface area contributed by atoms with Gasteiger partial charge in [-0.05, 0) is 13.8 Å². The highest BCUT2D eigenvalue weighted by Crippen LogP contribution is 1.85. The third-order valence-electron chi connectivity index (χ3n) is 3.55. The van der Waals surface area contributed by atoms with Crippen LogP contribution >= 0.6 is 0 Å². The van der Waals surface area contributed by atoms with Crippen molar-refractivity contribution in [1.29, 1.82) is 0 Å². The summed E-state index contributed by atoms with van der Waals surface area (Å²) in [6.45, 7) is 14.4. The van der Waals surface area contributed by atoms with E-state index in [1.165, 1.54) is 0 Å². The van der Waals surface area contributed by atoms with Crippen LogP contribution in [-0.2, 0) is 46.7 Å². The third kappa shape index (κ3) is 29.8. The normalized spacial score (nSPS) is 11.4. The van der Waals surface area contributed by atoms with E-state index < -0.39 is 10.0 Å². The fraction of sp³-hybridized carbons (Fsp3) is 1.00. The molecule has 0 aliphatic carbocycles. The van der Waals surface area contributed by atoms with Gasteiger partial charge in [-0.3, -0.25) is 0 Å². The topological polar surface area (TPSA) is 92.3 Å². The van der Waals surface area contributed by atoms with Gasteiger partial charge in [0, 0.05) is 13.2 Å². The molecule has 10 nitrogen and oxygen atoms in total. The van der Waals surface area contributed by atoms with Crippen molar-refractivity contribution >= 4 is 10.0 Å². The van der Waals surface area contributed by atoms with Crippen molar-refractivity contribution in [1.82, 2.24) is 0 Å². The smallest absolute Gasteiger partial charge is 0.304 e. The van der Waals surface area contributed by atoms with E-state index in [0.29, 0.717) is 119 Å².